The fourth-order valence-electron chi connectivity index (χ4n) is 3.03. The van der Waals surface area contributed by atoms with E-state index in [-0.39, 0.29) is 17.0 Å². The fraction of sp³-hybridized carbons (Fsp3) is 0.316. The van der Waals surface area contributed by atoms with Crippen LogP contribution in [0.25, 0.3) is 0 Å². The molecule has 2 aromatic rings. The van der Waals surface area contributed by atoms with Gasteiger partial charge in [0, 0.05) is 11.4 Å². The first kappa shape index (κ1) is 20.8. The Labute approximate surface area is 168 Å². The zero-order chi connectivity index (χ0) is 21.0. The van der Waals surface area contributed by atoms with Crippen molar-refractivity contribution in [3.63, 3.8) is 0 Å². The summed E-state index contributed by atoms with van der Waals surface area (Å²) < 4.78 is 36.8. The van der Waals surface area contributed by atoms with Gasteiger partial charge in [0.15, 0.2) is 0 Å². The largest absolute Gasteiger partial charge is 0.493 e. The summed E-state index contributed by atoms with van der Waals surface area (Å²) in [6, 6.07) is 9.13. The van der Waals surface area contributed by atoms with Gasteiger partial charge in [0.2, 0.25) is 0 Å². The number of hydrogen-bond acceptors (Lipinski definition) is 5. The molecule has 10 heteroatoms. The molecule has 1 aliphatic rings. The highest BCUT2D eigenvalue weighted by Gasteiger charge is 2.42. The second-order valence-electron chi connectivity index (χ2n) is 6.40. The minimum atomic E-state index is -5.24. The summed E-state index contributed by atoms with van der Waals surface area (Å²) in [4.78, 5) is 40.6. The van der Waals surface area contributed by atoms with Crippen molar-refractivity contribution in [2.24, 2.45) is 0 Å². The highest BCUT2D eigenvalue weighted by molar-refractivity contribution is 7.14. The number of fused-ring (bicyclic) bond motifs is 1. The molecule has 0 saturated heterocycles. The van der Waals surface area contributed by atoms with Crippen molar-refractivity contribution in [3.8, 4) is 0 Å². The molecule has 2 N–H and O–H groups in total. The van der Waals surface area contributed by atoms with Crippen molar-refractivity contribution >= 4 is 29.1 Å². The lowest BCUT2D eigenvalue weighted by Gasteiger charge is -2.13. The zero-order valence-corrected chi connectivity index (χ0v) is 15.9. The molecule has 0 atom stereocenters. The van der Waals surface area contributed by atoms with Gasteiger partial charge in [0.1, 0.15) is 4.88 Å². The average molecular weight is 426 g/mol. The van der Waals surface area contributed by atoms with Crippen LogP contribution in [-0.4, -0.2) is 24.0 Å². The first-order valence-corrected chi connectivity index (χ1v) is 9.64. The molecule has 3 rings (SSSR count). The van der Waals surface area contributed by atoms with Gasteiger partial charge in [-0.2, -0.15) is 18.7 Å². The molecular weight excluding hydrogens is 409 g/mol. The number of benzene rings is 1. The summed E-state index contributed by atoms with van der Waals surface area (Å²) in [6.45, 7) is 0.231. The topological polar surface area (TPSA) is 84.5 Å². The molecule has 0 radical (unpaired) electrons. The van der Waals surface area contributed by atoms with Crippen LogP contribution in [0, 0.1) is 0 Å². The molecule has 0 saturated carbocycles. The van der Waals surface area contributed by atoms with Gasteiger partial charge in [0.05, 0.1) is 5.56 Å². The van der Waals surface area contributed by atoms with Crippen LogP contribution in [0.5, 0.6) is 0 Å². The molecule has 1 aromatic heterocycles. The highest BCUT2D eigenvalue weighted by Crippen LogP contribution is 2.34. The molecule has 1 heterocycles. The van der Waals surface area contributed by atoms with E-state index in [4.69, 9.17) is 0 Å². The number of thiophene rings is 1. The third-order valence-corrected chi connectivity index (χ3v) is 5.66. The maximum absolute atomic E-state index is 12.8. The van der Waals surface area contributed by atoms with Gasteiger partial charge in [-0.05, 0) is 36.8 Å². The molecule has 154 valence electrons. The standard InChI is InChI=1S/C19H17F3N2O4S/c20-19(21,22)18(27)28-24-17(26)15-14(12-8-4-5-9-13(12)29-15)16(25)23-10-11-6-2-1-3-7-11/h1-3,6-7H,4-5,8-10H2,(H,23,25)(H,24,26). The summed E-state index contributed by atoms with van der Waals surface area (Å²) in [5, 5.41) is 2.74. The number of alkyl halides is 3. The number of carbonyl (C=O) groups excluding carboxylic acids is 3. The van der Waals surface area contributed by atoms with Crippen LogP contribution in [0.15, 0.2) is 30.3 Å². The number of amides is 2. The van der Waals surface area contributed by atoms with E-state index >= 15 is 0 Å². The molecule has 0 fully saturated rings. The SMILES string of the molecule is O=C(NOC(=O)C(F)(F)F)c1sc2c(c1C(=O)NCc1ccccc1)CCCC2. The maximum atomic E-state index is 12.8. The Morgan fingerprint density at radius 2 is 1.72 bits per heavy atom. The van der Waals surface area contributed by atoms with Crippen LogP contribution in [0.2, 0.25) is 0 Å². The summed E-state index contributed by atoms with van der Waals surface area (Å²) in [7, 11) is 0. The summed E-state index contributed by atoms with van der Waals surface area (Å²) in [5.74, 6) is -4.10. The predicted octanol–water partition coefficient (Wildman–Crippen LogP) is 3.31. The van der Waals surface area contributed by atoms with Crippen molar-refractivity contribution in [1.82, 2.24) is 10.8 Å². The molecule has 6 nitrogen and oxygen atoms in total. The van der Waals surface area contributed by atoms with Crippen molar-refractivity contribution < 1.29 is 32.4 Å². The summed E-state index contributed by atoms with van der Waals surface area (Å²) in [5.41, 5.74) is 3.21. The predicted molar refractivity (Wildman–Crippen MR) is 98.2 cm³/mol. The molecular formula is C19H17F3N2O4S. The highest BCUT2D eigenvalue weighted by atomic mass is 32.1. The number of hydrogen-bond donors (Lipinski definition) is 2. The van der Waals surface area contributed by atoms with Gasteiger partial charge >= 0.3 is 12.1 Å². The van der Waals surface area contributed by atoms with E-state index in [0.717, 1.165) is 40.2 Å². The molecule has 0 unspecified atom stereocenters. The van der Waals surface area contributed by atoms with Crippen molar-refractivity contribution in [1.29, 1.82) is 0 Å². The Kier molecular flexibility index (Phi) is 6.21. The lowest BCUT2D eigenvalue weighted by Crippen LogP contribution is -2.35. The number of carbonyl (C=O) groups is 3. The minimum absolute atomic E-state index is 0.0718. The Morgan fingerprint density at radius 1 is 1.03 bits per heavy atom. The molecule has 0 aliphatic heterocycles. The van der Waals surface area contributed by atoms with Crippen LogP contribution < -0.4 is 10.8 Å². The van der Waals surface area contributed by atoms with Crippen LogP contribution in [0.3, 0.4) is 0 Å². The molecule has 0 spiro atoms. The minimum Gasteiger partial charge on any atom is -0.348 e. The van der Waals surface area contributed by atoms with E-state index in [9.17, 15) is 27.6 Å². The fourth-order valence-corrected chi connectivity index (χ4v) is 4.30. The van der Waals surface area contributed by atoms with Crippen LogP contribution in [-0.2, 0) is 29.0 Å². The molecule has 2 amide bonds. The number of nitrogens with one attached hydrogen (secondary N) is 2. The number of halogens is 3. The second-order valence-corrected chi connectivity index (χ2v) is 7.51. The first-order chi connectivity index (χ1) is 13.8. The van der Waals surface area contributed by atoms with E-state index < -0.39 is 24.0 Å². The Hall–Kier alpha value is -2.88. The van der Waals surface area contributed by atoms with Crippen molar-refractivity contribution in [2.75, 3.05) is 0 Å². The monoisotopic (exact) mass is 426 g/mol. The smallest absolute Gasteiger partial charge is 0.348 e. The van der Waals surface area contributed by atoms with Crippen LogP contribution >= 0.6 is 11.3 Å². The lowest BCUT2D eigenvalue weighted by atomic mass is 9.94. The van der Waals surface area contributed by atoms with Gasteiger partial charge in [-0.1, -0.05) is 30.3 Å². The number of hydroxylamine groups is 1. The van der Waals surface area contributed by atoms with Gasteiger partial charge < -0.3 is 10.2 Å². The van der Waals surface area contributed by atoms with Crippen LogP contribution in [0.4, 0.5) is 13.2 Å². The number of aryl methyl sites for hydroxylation is 1. The Balaban J connectivity index is 1.80. The Bertz CT molecular complexity index is 926. The van der Waals surface area contributed by atoms with E-state index in [1.54, 1.807) is 0 Å². The quantitative estimate of drug-likeness (QED) is 0.735. The second kappa shape index (κ2) is 8.64. The van der Waals surface area contributed by atoms with E-state index in [0.29, 0.717) is 12.8 Å². The maximum Gasteiger partial charge on any atom is 0.493 e. The van der Waals surface area contributed by atoms with Gasteiger partial charge in [-0.25, -0.2) is 4.79 Å². The number of rotatable bonds is 4. The normalized spacial score (nSPS) is 13.3. The molecule has 1 aliphatic carbocycles. The summed E-state index contributed by atoms with van der Waals surface area (Å²) in [6.07, 6.45) is -2.24. The van der Waals surface area contributed by atoms with Crippen LogP contribution in [0.1, 0.15) is 48.9 Å². The van der Waals surface area contributed by atoms with Crippen molar-refractivity contribution in [3.05, 3.63) is 56.8 Å². The van der Waals surface area contributed by atoms with E-state index in [1.807, 2.05) is 30.3 Å². The first-order valence-electron chi connectivity index (χ1n) is 8.82. The summed E-state index contributed by atoms with van der Waals surface area (Å²) >= 11 is 1.03. The average Bonchev–Trinajstić information content (AvgIpc) is 3.09. The third kappa shape index (κ3) is 4.94. The van der Waals surface area contributed by atoms with E-state index in [2.05, 4.69) is 10.2 Å². The molecule has 1 aromatic carbocycles. The van der Waals surface area contributed by atoms with Crippen molar-refractivity contribution in [2.45, 2.75) is 38.4 Å². The lowest BCUT2D eigenvalue weighted by molar-refractivity contribution is -0.204. The van der Waals surface area contributed by atoms with Gasteiger partial charge in [-0.15, -0.1) is 11.3 Å². The third-order valence-electron chi connectivity index (χ3n) is 4.37. The molecule has 0 bridgehead atoms. The van der Waals surface area contributed by atoms with Gasteiger partial charge in [-0.3, -0.25) is 9.59 Å². The Morgan fingerprint density at radius 3 is 2.41 bits per heavy atom. The van der Waals surface area contributed by atoms with E-state index in [1.165, 1.54) is 5.48 Å². The zero-order valence-electron chi connectivity index (χ0n) is 15.1. The molecule has 29 heavy (non-hydrogen) atoms. The van der Waals surface area contributed by atoms with Gasteiger partial charge in [0.25, 0.3) is 11.8 Å².